The van der Waals surface area contributed by atoms with Gasteiger partial charge in [0.25, 0.3) is 0 Å². The number of rotatable bonds is 6. The van der Waals surface area contributed by atoms with Gasteiger partial charge in [0.1, 0.15) is 0 Å². The number of benzene rings is 1. The molecule has 1 aromatic carbocycles. The van der Waals surface area contributed by atoms with Gasteiger partial charge in [-0.15, -0.1) is 0 Å². The molecule has 2 rings (SSSR count). The van der Waals surface area contributed by atoms with Crippen molar-refractivity contribution in [2.45, 2.75) is 50.7 Å². The molecular weight excluding hydrogens is 222 g/mol. The molecule has 0 amide bonds. The first kappa shape index (κ1) is 13.6. The fourth-order valence-electron chi connectivity index (χ4n) is 3.26. The minimum Gasteiger partial charge on any atom is -0.374 e. The molecule has 0 spiro atoms. The first-order valence-electron chi connectivity index (χ1n) is 7.16. The summed E-state index contributed by atoms with van der Waals surface area (Å²) < 4.78 is 6.15. The van der Waals surface area contributed by atoms with Gasteiger partial charge in [0.2, 0.25) is 0 Å². The van der Waals surface area contributed by atoms with E-state index in [1.54, 1.807) is 0 Å². The minimum atomic E-state index is 0.0549. The summed E-state index contributed by atoms with van der Waals surface area (Å²) in [6.45, 7) is 2.92. The third-order valence-electron chi connectivity index (χ3n) is 4.15. The summed E-state index contributed by atoms with van der Waals surface area (Å²) in [5.41, 5.74) is 1.45. The molecule has 18 heavy (non-hydrogen) atoms. The van der Waals surface area contributed by atoms with Crippen LogP contribution in [0.4, 0.5) is 0 Å². The Balaban J connectivity index is 2.11. The van der Waals surface area contributed by atoms with Gasteiger partial charge in [0.15, 0.2) is 0 Å². The summed E-state index contributed by atoms with van der Waals surface area (Å²) in [7, 11) is 2.06. The standard InChI is InChI=1S/C16H25NO/c1-3-18-16(11-7-8-12-16)15(17-2)13-14-9-5-4-6-10-14/h4-6,9-10,15,17H,3,7-8,11-13H2,1-2H3. The molecule has 2 nitrogen and oxygen atoms in total. The van der Waals surface area contributed by atoms with Gasteiger partial charge in [-0.2, -0.15) is 0 Å². The Bertz CT molecular complexity index is 343. The molecule has 0 saturated heterocycles. The van der Waals surface area contributed by atoms with Crippen LogP contribution in [-0.2, 0) is 11.2 Å². The van der Waals surface area contributed by atoms with Crippen LogP contribution in [0.1, 0.15) is 38.2 Å². The normalized spacial score (nSPS) is 19.9. The molecule has 0 radical (unpaired) electrons. The van der Waals surface area contributed by atoms with Gasteiger partial charge in [-0.25, -0.2) is 0 Å². The largest absolute Gasteiger partial charge is 0.374 e. The maximum absolute atomic E-state index is 6.15. The highest BCUT2D eigenvalue weighted by Crippen LogP contribution is 2.37. The molecule has 1 aromatic rings. The average Bonchev–Trinajstić information content (AvgIpc) is 2.87. The van der Waals surface area contributed by atoms with Crippen LogP contribution in [0, 0.1) is 0 Å². The molecule has 1 saturated carbocycles. The first-order valence-corrected chi connectivity index (χ1v) is 7.16. The van der Waals surface area contributed by atoms with Gasteiger partial charge >= 0.3 is 0 Å². The number of likely N-dealkylation sites (N-methyl/N-ethyl adjacent to an activating group) is 1. The lowest BCUT2D eigenvalue weighted by Gasteiger charge is -2.37. The predicted octanol–water partition coefficient (Wildman–Crippen LogP) is 3.17. The molecular formula is C16H25NO. The molecule has 0 aromatic heterocycles. The van der Waals surface area contributed by atoms with E-state index in [1.165, 1.54) is 31.2 Å². The van der Waals surface area contributed by atoms with Gasteiger partial charge in [0.05, 0.1) is 5.60 Å². The molecule has 1 aliphatic rings. The van der Waals surface area contributed by atoms with Crippen molar-refractivity contribution in [3.05, 3.63) is 35.9 Å². The van der Waals surface area contributed by atoms with Crippen molar-refractivity contribution in [1.29, 1.82) is 0 Å². The van der Waals surface area contributed by atoms with E-state index in [9.17, 15) is 0 Å². The van der Waals surface area contributed by atoms with Crippen molar-refractivity contribution < 1.29 is 4.74 Å². The molecule has 1 aliphatic carbocycles. The molecule has 2 heteroatoms. The summed E-state index contributed by atoms with van der Waals surface area (Å²) in [5.74, 6) is 0. The summed E-state index contributed by atoms with van der Waals surface area (Å²) >= 11 is 0. The Morgan fingerprint density at radius 2 is 1.89 bits per heavy atom. The SMILES string of the molecule is CCOC1(C(Cc2ccccc2)NC)CCCC1. The van der Waals surface area contributed by atoms with Gasteiger partial charge < -0.3 is 10.1 Å². The lowest BCUT2D eigenvalue weighted by atomic mass is 9.87. The smallest absolute Gasteiger partial charge is 0.0837 e. The maximum atomic E-state index is 6.15. The minimum absolute atomic E-state index is 0.0549. The van der Waals surface area contributed by atoms with Crippen molar-refractivity contribution in [2.24, 2.45) is 0 Å². The van der Waals surface area contributed by atoms with Gasteiger partial charge in [-0.3, -0.25) is 0 Å². The number of nitrogens with one attached hydrogen (secondary N) is 1. The van der Waals surface area contributed by atoms with E-state index >= 15 is 0 Å². The highest BCUT2D eigenvalue weighted by atomic mass is 16.5. The van der Waals surface area contributed by atoms with Crippen LogP contribution in [0.5, 0.6) is 0 Å². The second-order valence-electron chi connectivity index (χ2n) is 5.24. The van der Waals surface area contributed by atoms with Gasteiger partial charge in [0, 0.05) is 12.6 Å². The fraction of sp³-hybridized carbons (Fsp3) is 0.625. The fourth-order valence-corrected chi connectivity index (χ4v) is 3.26. The summed E-state index contributed by atoms with van der Waals surface area (Å²) in [6, 6.07) is 11.1. The Morgan fingerprint density at radius 3 is 2.44 bits per heavy atom. The highest BCUT2D eigenvalue weighted by Gasteiger charge is 2.41. The molecule has 1 atom stereocenters. The third kappa shape index (κ3) is 2.93. The van der Waals surface area contributed by atoms with Crippen molar-refractivity contribution in [3.8, 4) is 0 Å². The molecule has 100 valence electrons. The zero-order chi connectivity index (χ0) is 12.8. The quantitative estimate of drug-likeness (QED) is 0.833. The first-order chi connectivity index (χ1) is 8.80. The van der Waals surface area contributed by atoms with Crippen LogP contribution in [0.25, 0.3) is 0 Å². The number of ether oxygens (including phenoxy) is 1. The van der Waals surface area contributed by atoms with Crippen molar-refractivity contribution in [3.63, 3.8) is 0 Å². The molecule has 1 fully saturated rings. The topological polar surface area (TPSA) is 21.3 Å². The zero-order valence-electron chi connectivity index (χ0n) is 11.6. The van der Waals surface area contributed by atoms with E-state index in [0.29, 0.717) is 6.04 Å². The third-order valence-corrected chi connectivity index (χ3v) is 4.15. The number of hydrogen-bond donors (Lipinski definition) is 1. The van der Waals surface area contributed by atoms with Crippen LogP contribution in [-0.4, -0.2) is 25.3 Å². The highest BCUT2D eigenvalue weighted by molar-refractivity contribution is 5.17. The summed E-state index contributed by atoms with van der Waals surface area (Å²) in [6.07, 6.45) is 6.04. The molecule has 0 heterocycles. The van der Waals surface area contributed by atoms with Crippen LogP contribution in [0.2, 0.25) is 0 Å². The zero-order valence-corrected chi connectivity index (χ0v) is 11.6. The van der Waals surface area contributed by atoms with Crippen molar-refractivity contribution in [1.82, 2.24) is 5.32 Å². The van der Waals surface area contributed by atoms with E-state index in [0.717, 1.165) is 13.0 Å². The lowest BCUT2D eigenvalue weighted by molar-refractivity contribution is -0.0597. The van der Waals surface area contributed by atoms with E-state index in [4.69, 9.17) is 4.74 Å². The second-order valence-corrected chi connectivity index (χ2v) is 5.24. The monoisotopic (exact) mass is 247 g/mol. The summed E-state index contributed by atoms with van der Waals surface area (Å²) in [5, 5.41) is 3.49. The average molecular weight is 247 g/mol. The summed E-state index contributed by atoms with van der Waals surface area (Å²) in [4.78, 5) is 0. The Kier molecular flexibility index (Phi) is 4.79. The van der Waals surface area contributed by atoms with Crippen molar-refractivity contribution in [2.75, 3.05) is 13.7 Å². The van der Waals surface area contributed by atoms with E-state index in [1.807, 2.05) is 0 Å². The molecule has 0 aliphatic heterocycles. The van der Waals surface area contributed by atoms with Gasteiger partial charge in [-0.05, 0) is 38.8 Å². The molecule has 0 bridgehead atoms. The van der Waals surface area contributed by atoms with Crippen LogP contribution < -0.4 is 5.32 Å². The van der Waals surface area contributed by atoms with E-state index in [-0.39, 0.29) is 5.60 Å². The Labute approximate surface area is 111 Å². The van der Waals surface area contributed by atoms with Crippen LogP contribution in [0.15, 0.2) is 30.3 Å². The number of hydrogen-bond acceptors (Lipinski definition) is 2. The molecule has 1 unspecified atom stereocenters. The lowest BCUT2D eigenvalue weighted by Crippen LogP contribution is -2.51. The maximum Gasteiger partial charge on any atom is 0.0837 e. The van der Waals surface area contributed by atoms with Crippen LogP contribution >= 0.6 is 0 Å². The van der Waals surface area contributed by atoms with E-state index in [2.05, 4.69) is 49.6 Å². The Morgan fingerprint density at radius 1 is 1.22 bits per heavy atom. The molecule has 1 N–H and O–H groups in total. The van der Waals surface area contributed by atoms with E-state index < -0.39 is 0 Å². The van der Waals surface area contributed by atoms with Crippen molar-refractivity contribution >= 4 is 0 Å². The van der Waals surface area contributed by atoms with Gasteiger partial charge in [-0.1, -0.05) is 43.2 Å². The second kappa shape index (κ2) is 6.35. The predicted molar refractivity (Wildman–Crippen MR) is 75.8 cm³/mol. The Hall–Kier alpha value is -0.860. The van der Waals surface area contributed by atoms with Crippen LogP contribution in [0.3, 0.4) is 0 Å².